The van der Waals surface area contributed by atoms with Crippen molar-refractivity contribution in [2.24, 2.45) is 0 Å². The van der Waals surface area contributed by atoms with E-state index < -0.39 is 10.0 Å². The lowest BCUT2D eigenvalue weighted by atomic mass is 10.2. The van der Waals surface area contributed by atoms with E-state index in [1.165, 1.54) is 26.4 Å². The number of hydrogen-bond donors (Lipinski definition) is 1. The topological polar surface area (TPSA) is 64.6 Å². The molecular formula is C17H19Cl2NO4S2. The summed E-state index contributed by atoms with van der Waals surface area (Å²) in [7, 11) is -0.681. The van der Waals surface area contributed by atoms with Gasteiger partial charge in [-0.2, -0.15) is 11.8 Å². The standard InChI is InChI=1S/C17H19Cl2NO4S2/c1-23-16-7-6-12(10-17(16)24-2)26(21,22)20-8-9-25-11-13-14(18)4-3-5-15(13)19/h3-7,10,20H,8-9,11H2,1-2H3. The number of rotatable bonds is 9. The summed E-state index contributed by atoms with van der Waals surface area (Å²) in [5.41, 5.74) is 0.851. The van der Waals surface area contributed by atoms with Gasteiger partial charge in [0.05, 0.1) is 19.1 Å². The number of ether oxygens (including phenoxy) is 2. The molecule has 2 aromatic rings. The first-order chi connectivity index (χ1) is 12.4. The monoisotopic (exact) mass is 435 g/mol. The minimum atomic E-state index is -3.63. The fraction of sp³-hybridized carbons (Fsp3) is 0.294. The molecule has 0 heterocycles. The Balaban J connectivity index is 1.90. The van der Waals surface area contributed by atoms with Crippen LogP contribution in [0.2, 0.25) is 10.0 Å². The first-order valence-corrected chi connectivity index (χ1v) is 11.0. The van der Waals surface area contributed by atoms with Crippen molar-refractivity contribution in [3.05, 3.63) is 52.0 Å². The third kappa shape index (κ3) is 5.44. The van der Waals surface area contributed by atoms with Crippen LogP contribution in [-0.4, -0.2) is 34.9 Å². The van der Waals surface area contributed by atoms with Crippen LogP contribution in [0.4, 0.5) is 0 Å². The van der Waals surface area contributed by atoms with Crippen LogP contribution in [0.15, 0.2) is 41.3 Å². The van der Waals surface area contributed by atoms with Gasteiger partial charge in [-0.3, -0.25) is 0 Å². The molecule has 0 aliphatic rings. The molecule has 0 aromatic heterocycles. The third-order valence-electron chi connectivity index (χ3n) is 3.51. The molecule has 0 bridgehead atoms. The van der Waals surface area contributed by atoms with Crippen molar-refractivity contribution in [3.8, 4) is 11.5 Å². The smallest absolute Gasteiger partial charge is 0.240 e. The van der Waals surface area contributed by atoms with Crippen molar-refractivity contribution >= 4 is 45.0 Å². The summed E-state index contributed by atoms with van der Waals surface area (Å²) < 4.78 is 37.6. The van der Waals surface area contributed by atoms with Crippen molar-refractivity contribution in [1.29, 1.82) is 0 Å². The van der Waals surface area contributed by atoms with E-state index in [2.05, 4.69) is 4.72 Å². The molecule has 0 amide bonds. The van der Waals surface area contributed by atoms with Gasteiger partial charge in [0, 0.05) is 34.2 Å². The molecule has 5 nitrogen and oxygen atoms in total. The SMILES string of the molecule is COc1ccc(S(=O)(=O)NCCSCc2c(Cl)cccc2Cl)cc1OC. The highest BCUT2D eigenvalue weighted by atomic mass is 35.5. The minimum absolute atomic E-state index is 0.120. The molecule has 0 aliphatic heterocycles. The Morgan fingerprint density at radius 3 is 2.31 bits per heavy atom. The van der Waals surface area contributed by atoms with Gasteiger partial charge in [-0.1, -0.05) is 29.3 Å². The highest BCUT2D eigenvalue weighted by Gasteiger charge is 2.16. The number of halogens is 2. The van der Waals surface area contributed by atoms with Crippen LogP contribution in [0, 0.1) is 0 Å². The normalized spacial score (nSPS) is 11.4. The molecule has 142 valence electrons. The predicted molar refractivity (Wildman–Crippen MR) is 107 cm³/mol. The Morgan fingerprint density at radius 2 is 1.69 bits per heavy atom. The molecule has 2 rings (SSSR count). The number of thioether (sulfide) groups is 1. The van der Waals surface area contributed by atoms with Crippen LogP contribution in [0.3, 0.4) is 0 Å². The second-order valence-electron chi connectivity index (χ2n) is 5.17. The van der Waals surface area contributed by atoms with Gasteiger partial charge in [0.15, 0.2) is 11.5 Å². The van der Waals surface area contributed by atoms with Crippen LogP contribution < -0.4 is 14.2 Å². The van der Waals surface area contributed by atoms with E-state index in [4.69, 9.17) is 32.7 Å². The average molecular weight is 436 g/mol. The van der Waals surface area contributed by atoms with E-state index in [0.29, 0.717) is 33.0 Å². The van der Waals surface area contributed by atoms with Gasteiger partial charge in [0.25, 0.3) is 0 Å². The van der Waals surface area contributed by atoms with Crippen LogP contribution in [0.5, 0.6) is 11.5 Å². The van der Waals surface area contributed by atoms with E-state index in [1.54, 1.807) is 36.0 Å². The first-order valence-electron chi connectivity index (χ1n) is 7.61. The first kappa shape index (κ1) is 21.2. The number of nitrogens with one attached hydrogen (secondary N) is 1. The van der Waals surface area contributed by atoms with Crippen LogP contribution in [0.25, 0.3) is 0 Å². The second-order valence-corrected chi connectivity index (χ2v) is 8.85. The molecular weight excluding hydrogens is 417 g/mol. The molecule has 0 radical (unpaired) electrons. The number of benzene rings is 2. The molecule has 2 aromatic carbocycles. The van der Waals surface area contributed by atoms with Gasteiger partial charge in [-0.15, -0.1) is 0 Å². The summed E-state index contributed by atoms with van der Waals surface area (Å²) >= 11 is 13.8. The summed E-state index contributed by atoms with van der Waals surface area (Å²) in [5.74, 6) is 2.02. The van der Waals surface area contributed by atoms with E-state index in [0.717, 1.165) is 5.56 Å². The van der Waals surface area contributed by atoms with Crippen LogP contribution in [0.1, 0.15) is 5.56 Å². The third-order valence-corrected chi connectivity index (χ3v) is 6.66. The van der Waals surface area contributed by atoms with Crippen LogP contribution >= 0.6 is 35.0 Å². The molecule has 0 atom stereocenters. The molecule has 0 saturated carbocycles. The Labute approximate surface area is 168 Å². The Morgan fingerprint density at radius 1 is 1.04 bits per heavy atom. The molecule has 0 fully saturated rings. The van der Waals surface area contributed by atoms with Gasteiger partial charge in [0.2, 0.25) is 10.0 Å². The van der Waals surface area contributed by atoms with Crippen molar-refractivity contribution < 1.29 is 17.9 Å². The average Bonchev–Trinajstić information content (AvgIpc) is 2.62. The lowest BCUT2D eigenvalue weighted by Crippen LogP contribution is -2.26. The molecule has 0 spiro atoms. The summed E-state index contributed by atoms with van der Waals surface area (Å²) in [4.78, 5) is 0.120. The van der Waals surface area contributed by atoms with Crippen molar-refractivity contribution in [1.82, 2.24) is 4.72 Å². The summed E-state index contributed by atoms with van der Waals surface area (Å²) in [6.45, 7) is 0.281. The molecule has 0 unspecified atom stereocenters. The maximum absolute atomic E-state index is 12.4. The molecule has 0 aliphatic carbocycles. The second kappa shape index (κ2) is 9.71. The summed E-state index contributed by atoms with van der Waals surface area (Å²) in [6.07, 6.45) is 0. The fourth-order valence-corrected chi connectivity index (χ4v) is 4.93. The maximum atomic E-state index is 12.4. The Hall–Kier alpha value is -1.12. The van der Waals surface area contributed by atoms with Crippen molar-refractivity contribution in [3.63, 3.8) is 0 Å². The molecule has 0 saturated heterocycles. The fourth-order valence-electron chi connectivity index (χ4n) is 2.16. The zero-order chi connectivity index (χ0) is 19.2. The van der Waals surface area contributed by atoms with Gasteiger partial charge in [0.1, 0.15) is 0 Å². The highest BCUT2D eigenvalue weighted by Crippen LogP contribution is 2.30. The molecule has 26 heavy (non-hydrogen) atoms. The zero-order valence-corrected chi connectivity index (χ0v) is 17.4. The van der Waals surface area contributed by atoms with Gasteiger partial charge in [-0.05, 0) is 29.8 Å². The summed E-state index contributed by atoms with van der Waals surface area (Å²) in [5, 5.41) is 1.21. The number of hydrogen-bond acceptors (Lipinski definition) is 5. The summed E-state index contributed by atoms with van der Waals surface area (Å²) in [6, 6.07) is 9.81. The van der Waals surface area contributed by atoms with E-state index in [-0.39, 0.29) is 11.4 Å². The van der Waals surface area contributed by atoms with E-state index in [1.807, 2.05) is 0 Å². The quantitative estimate of drug-likeness (QED) is 0.597. The molecule has 9 heteroatoms. The Bertz CT molecular complexity index is 840. The lowest BCUT2D eigenvalue weighted by molar-refractivity contribution is 0.354. The zero-order valence-electron chi connectivity index (χ0n) is 14.3. The maximum Gasteiger partial charge on any atom is 0.240 e. The van der Waals surface area contributed by atoms with Crippen LogP contribution in [-0.2, 0) is 15.8 Å². The van der Waals surface area contributed by atoms with Gasteiger partial charge in [-0.25, -0.2) is 13.1 Å². The number of sulfonamides is 1. The largest absolute Gasteiger partial charge is 0.493 e. The van der Waals surface area contributed by atoms with E-state index in [9.17, 15) is 8.42 Å². The molecule has 1 N–H and O–H groups in total. The van der Waals surface area contributed by atoms with Gasteiger partial charge < -0.3 is 9.47 Å². The van der Waals surface area contributed by atoms with Crippen molar-refractivity contribution in [2.75, 3.05) is 26.5 Å². The van der Waals surface area contributed by atoms with Crippen molar-refractivity contribution in [2.45, 2.75) is 10.6 Å². The lowest BCUT2D eigenvalue weighted by Gasteiger charge is -2.11. The Kier molecular flexibility index (Phi) is 7.91. The predicted octanol–water partition coefficient (Wildman–Crippen LogP) is 4.22. The van der Waals surface area contributed by atoms with E-state index >= 15 is 0 Å². The highest BCUT2D eigenvalue weighted by molar-refractivity contribution is 7.98. The minimum Gasteiger partial charge on any atom is -0.493 e. The number of methoxy groups -OCH3 is 2. The van der Waals surface area contributed by atoms with Gasteiger partial charge >= 0.3 is 0 Å².